The maximum absolute atomic E-state index is 12.5. The summed E-state index contributed by atoms with van der Waals surface area (Å²) in [6.07, 6.45) is 1.54. The summed E-state index contributed by atoms with van der Waals surface area (Å²) in [5.41, 5.74) is 0.878. The molecule has 7 nitrogen and oxygen atoms in total. The van der Waals surface area contributed by atoms with Gasteiger partial charge in [0.15, 0.2) is 11.5 Å². The third kappa shape index (κ3) is 2.61. The molecule has 0 atom stereocenters. The molecular weight excluding hydrogens is 306 g/mol. The van der Waals surface area contributed by atoms with Crippen molar-refractivity contribution in [3.05, 3.63) is 30.1 Å². The minimum atomic E-state index is -3.70. The number of benzene rings is 1. The van der Waals surface area contributed by atoms with E-state index in [-0.39, 0.29) is 17.7 Å². The number of hydrogen-bond acceptors (Lipinski definition) is 5. The summed E-state index contributed by atoms with van der Waals surface area (Å²) in [6.45, 7) is 5.70. The van der Waals surface area contributed by atoms with Crippen LogP contribution in [0.3, 0.4) is 0 Å². The molecule has 118 valence electrons. The molecule has 3 rings (SSSR count). The average Bonchev–Trinajstić information content (AvgIpc) is 3.04. The smallest absolute Gasteiger partial charge is 0.265 e. The van der Waals surface area contributed by atoms with Gasteiger partial charge in [0.25, 0.3) is 10.0 Å². The molecule has 22 heavy (non-hydrogen) atoms. The first-order chi connectivity index (χ1) is 10.4. The van der Waals surface area contributed by atoms with Crippen LogP contribution in [-0.4, -0.2) is 25.0 Å². The van der Waals surface area contributed by atoms with Gasteiger partial charge in [0, 0.05) is 18.3 Å². The van der Waals surface area contributed by atoms with Gasteiger partial charge in [-0.2, -0.15) is 5.10 Å². The molecule has 0 fully saturated rings. The molecule has 0 amide bonds. The predicted octanol–water partition coefficient (Wildman–Crippen LogP) is 2.30. The van der Waals surface area contributed by atoms with Gasteiger partial charge in [0.2, 0.25) is 6.79 Å². The zero-order chi connectivity index (χ0) is 15.9. The first kappa shape index (κ1) is 14.7. The molecule has 1 aromatic carbocycles. The lowest BCUT2D eigenvalue weighted by atomic mass is 10.3. The highest BCUT2D eigenvalue weighted by molar-refractivity contribution is 7.92. The quantitative estimate of drug-likeness (QED) is 0.933. The van der Waals surface area contributed by atoms with Gasteiger partial charge in [0.1, 0.15) is 4.90 Å². The third-order valence-electron chi connectivity index (χ3n) is 3.31. The number of fused-ring (bicyclic) bond motifs is 1. The molecular formula is C14H17N3O4S. The Bertz CT molecular complexity index is 811. The highest BCUT2D eigenvalue weighted by atomic mass is 32.2. The Morgan fingerprint density at radius 3 is 2.68 bits per heavy atom. The van der Waals surface area contributed by atoms with E-state index in [1.54, 1.807) is 29.8 Å². The van der Waals surface area contributed by atoms with Crippen molar-refractivity contribution in [2.24, 2.45) is 0 Å². The molecule has 0 unspecified atom stereocenters. The minimum Gasteiger partial charge on any atom is -0.454 e. The Balaban J connectivity index is 1.90. The molecule has 0 radical (unpaired) electrons. The molecule has 0 bridgehead atoms. The Morgan fingerprint density at radius 1 is 1.27 bits per heavy atom. The maximum Gasteiger partial charge on any atom is 0.265 e. The van der Waals surface area contributed by atoms with Crippen molar-refractivity contribution in [3.8, 4) is 11.5 Å². The second kappa shape index (κ2) is 5.20. The topological polar surface area (TPSA) is 82.5 Å². The van der Waals surface area contributed by atoms with Crippen molar-refractivity contribution < 1.29 is 17.9 Å². The van der Waals surface area contributed by atoms with Crippen LogP contribution in [0.15, 0.2) is 29.3 Å². The first-order valence-corrected chi connectivity index (χ1v) is 8.33. The van der Waals surface area contributed by atoms with Crippen LogP contribution < -0.4 is 14.2 Å². The second-order valence-electron chi connectivity index (χ2n) is 5.33. The van der Waals surface area contributed by atoms with E-state index in [4.69, 9.17) is 9.47 Å². The number of nitrogens with one attached hydrogen (secondary N) is 1. The Morgan fingerprint density at radius 2 is 2.00 bits per heavy atom. The van der Waals surface area contributed by atoms with Gasteiger partial charge in [-0.05, 0) is 32.9 Å². The Hall–Kier alpha value is -2.22. The standard InChI is InChI=1S/C14H17N3O4S/c1-9(2)17-7-14(10(3)15-17)22(18,19)16-11-4-5-12-13(6-11)21-8-20-12/h4-7,9,16H,8H2,1-3H3. The zero-order valence-electron chi connectivity index (χ0n) is 12.5. The summed E-state index contributed by atoms with van der Waals surface area (Å²) in [4.78, 5) is 0.166. The molecule has 1 aromatic heterocycles. The van der Waals surface area contributed by atoms with E-state index in [0.717, 1.165) is 0 Å². The van der Waals surface area contributed by atoms with Gasteiger partial charge in [-0.15, -0.1) is 0 Å². The van der Waals surface area contributed by atoms with E-state index in [2.05, 4.69) is 9.82 Å². The molecule has 2 heterocycles. The summed E-state index contributed by atoms with van der Waals surface area (Å²) < 4.78 is 39.7. The van der Waals surface area contributed by atoms with Gasteiger partial charge < -0.3 is 9.47 Å². The summed E-state index contributed by atoms with van der Waals surface area (Å²) in [5.74, 6) is 1.13. The molecule has 8 heteroatoms. The van der Waals surface area contributed by atoms with E-state index in [9.17, 15) is 8.42 Å². The number of sulfonamides is 1. The monoisotopic (exact) mass is 323 g/mol. The van der Waals surface area contributed by atoms with Crippen molar-refractivity contribution in [2.75, 3.05) is 11.5 Å². The third-order valence-corrected chi connectivity index (χ3v) is 4.80. The van der Waals surface area contributed by atoms with Crippen LogP contribution in [0, 0.1) is 6.92 Å². The van der Waals surface area contributed by atoms with E-state index >= 15 is 0 Å². The van der Waals surface area contributed by atoms with Crippen LogP contribution in [0.25, 0.3) is 0 Å². The Kier molecular flexibility index (Phi) is 3.48. The van der Waals surface area contributed by atoms with Gasteiger partial charge in [0.05, 0.1) is 11.4 Å². The summed E-state index contributed by atoms with van der Waals surface area (Å²) in [7, 11) is -3.70. The highest BCUT2D eigenvalue weighted by Crippen LogP contribution is 2.35. The number of nitrogens with zero attached hydrogens (tertiary/aromatic N) is 2. The normalized spacial score (nSPS) is 13.6. The van der Waals surface area contributed by atoms with Gasteiger partial charge in [-0.1, -0.05) is 0 Å². The number of ether oxygens (including phenoxy) is 2. The molecule has 0 saturated heterocycles. The predicted molar refractivity (Wildman–Crippen MR) is 80.7 cm³/mol. The van der Waals surface area contributed by atoms with Crippen LogP contribution in [-0.2, 0) is 10.0 Å². The van der Waals surface area contributed by atoms with Crippen molar-refractivity contribution in [3.63, 3.8) is 0 Å². The molecule has 0 saturated carbocycles. The molecule has 2 aromatic rings. The zero-order valence-corrected chi connectivity index (χ0v) is 13.3. The maximum atomic E-state index is 12.5. The fraction of sp³-hybridized carbons (Fsp3) is 0.357. The van der Waals surface area contributed by atoms with Crippen molar-refractivity contribution in [2.45, 2.75) is 31.7 Å². The summed E-state index contributed by atoms with van der Waals surface area (Å²) >= 11 is 0. The van der Waals surface area contributed by atoms with Crippen molar-refractivity contribution in [1.29, 1.82) is 0 Å². The molecule has 1 aliphatic heterocycles. The molecule has 0 aliphatic carbocycles. The van der Waals surface area contributed by atoms with Gasteiger partial charge in [-0.3, -0.25) is 9.40 Å². The van der Waals surface area contributed by atoms with E-state index < -0.39 is 10.0 Å². The number of rotatable bonds is 4. The number of aryl methyl sites for hydroxylation is 1. The Labute approximate surface area is 128 Å². The average molecular weight is 323 g/mol. The van der Waals surface area contributed by atoms with Crippen LogP contribution in [0.4, 0.5) is 5.69 Å². The lowest BCUT2D eigenvalue weighted by molar-refractivity contribution is 0.174. The van der Waals surface area contributed by atoms with E-state index in [1.807, 2.05) is 13.8 Å². The van der Waals surface area contributed by atoms with Crippen molar-refractivity contribution >= 4 is 15.7 Å². The van der Waals surface area contributed by atoms with Gasteiger partial charge >= 0.3 is 0 Å². The minimum absolute atomic E-state index is 0.0909. The molecule has 1 N–H and O–H groups in total. The van der Waals surface area contributed by atoms with Crippen molar-refractivity contribution in [1.82, 2.24) is 9.78 Å². The van der Waals surface area contributed by atoms with E-state index in [0.29, 0.717) is 22.9 Å². The number of hydrogen-bond donors (Lipinski definition) is 1. The highest BCUT2D eigenvalue weighted by Gasteiger charge is 2.22. The lowest BCUT2D eigenvalue weighted by Crippen LogP contribution is -2.13. The fourth-order valence-electron chi connectivity index (χ4n) is 2.16. The van der Waals surface area contributed by atoms with Crippen LogP contribution in [0.1, 0.15) is 25.6 Å². The summed E-state index contributed by atoms with van der Waals surface area (Å²) in [6, 6.07) is 4.99. The largest absolute Gasteiger partial charge is 0.454 e. The second-order valence-corrected chi connectivity index (χ2v) is 6.98. The van der Waals surface area contributed by atoms with Crippen LogP contribution in [0.5, 0.6) is 11.5 Å². The van der Waals surface area contributed by atoms with Crippen LogP contribution >= 0.6 is 0 Å². The lowest BCUT2D eigenvalue weighted by Gasteiger charge is -2.08. The summed E-state index contributed by atoms with van der Waals surface area (Å²) in [5, 5.41) is 4.23. The van der Waals surface area contributed by atoms with Gasteiger partial charge in [-0.25, -0.2) is 8.42 Å². The first-order valence-electron chi connectivity index (χ1n) is 6.85. The van der Waals surface area contributed by atoms with Crippen LogP contribution in [0.2, 0.25) is 0 Å². The number of anilines is 1. The molecule has 1 aliphatic rings. The SMILES string of the molecule is Cc1nn(C(C)C)cc1S(=O)(=O)Nc1ccc2c(c1)OCO2. The number of aromatic nitrogens is 2. The fourth-order valence-corrected chi connectivity index (χ4v) is 3.39. The molecule has 0 spiro atoms. The van der Waals surface area contributed by atoms with E-state index in [1.165, 1.54) is 6.20 Å².